The maximum absolute atomic E-state index is 11.8. The first-order valence-electron chi connectivity index (χ1n) is 6.87. The fourth-order valence-electron chi connectivity index (χ4n) is 2.27. The highest BCUT2D eigenvalue weighted by Gasteiger charge is 2.32. The average molecular weight is 271 g/mol. The van der Waals surface area contributed by atoms with Gasteiger partial charge in [-0.1, -0.05) is 20.8 Å². The summed E-state index contributed by atoms with van der Waals surface area (Å²) in [5.41, 5.74) is -0.500. The minimum atomic E-state index is -0.994. The van der Waals surface area contributed by atoms with E-state index in [-0.39, 0.29) is 18.1 Å². The van der Waals surface area contributed by atoms with Crippen LogP contribution in [0.15, 0.2) is 0 Å². The Bertz CT molecular complexity index is 335. The predicted octanol–water partition coefficient (Wildman–Crippen LogP) is 1.95. The van der Waals surface area contributed by atoms with Crippen molar-refractivity contribution in [2.45, 2.75) is 71.6 Å². The van der Waals surface area contributed by atoms with Crippen molar-refractivity contribution in [1.82, 2.24) is 5.32 Å². The van der Waals surface area contributed by atoms with Crippen molar-refractivity contribution in [3.63, 3.8) is 0 Å². The van der Waals surface area contributed by atoms with Crippen LogP contribution >= 0.6 is 0 Å². The van der Waals surface area contributed by atoms with E-state index in [1.165, 1.54) is 0 Å². The molecule has 110 valence electrons. The molecule has 5 heteroatoms. The van der Waals surface area contributed by atoms with Gasteiger partial charge < -0.3 is 15.2 Å². The summed E-state index contributed by atoms with van der Waals surface area (Å²) in [6.45, 7) is 7.43. The summed E-state index contributed by atoms with van der Waals surface area (Å²) in [5.74, 6) is -1.21. The van der Waals surface area contributed by atoms with Crippen molar-refractivity contribution >= 4 is 11.9 Å². The maximum atomic E-state index is 11.8. The van der Waals surface area contributed by atoms with E-state index >= 15 is 0 Å². The van der Waals surface area contributed by atoms with Crippen LogP contribution in [0.2, 0.25) is 0 Å². The van der Waals surface area contributed by atoms with Crippen molar-refractivity contribution < 1.29 is 19.4 Å². The van der Waals surface area contributed by atoms with Gasteiger partial charge in [0.05, 0.1) is 12.2 Å². The summed E-state index contributed by atoms with van der Waals surface area (Å²) in [6.07, 6.45) is 3.40. The van der Waals surface area contributed by atoms with Gasteiger partial charge in [0.25, 0.3) is 0 Å². The van der Waals surface area contributed by atoms with Crippen molar-refractivity contribution in [3.8, 4) is 0 Å². The highest BCUT2D eigenvalue weighted by Crippen LogP contribution is 2.23. The van der Waals surface area contributed by atoms with Crippen LogP contribution in [0.25, 0.3) is 0 Å². The van der Waals surface area contributed by atoms with E-state index in [4.69, 9.17) is 9.84 Å². The molecule has 1 aliphatic rings. The minimum absolute atomic E-state index is 0.138. The van der Waals surface area contributed by atoms with Gasteiger partial charge in [0, 0.05) is 6.42 Å². The Balaban J connectivity index is 2.39. The second kappa shape index (κ2) is 6.37. The monoisotopic (exact) mass is 271 g/mol. The molecule has 1 heterocycles. The van der Waals surface area contributed by atoms with Gasteiger partial charge in [0.15, 0.2) is 0 Å². The molecule has 1 rings (SSSR count). The van der Waals surface area contributed by atoms with Crippen LogP contribution in [-0.2, 0) is 14.3 Å². The molecule has 0 radical (unpaired) electrons. The fraction of sp³-hybridized carbons (Fsp3) is 0.857. The zero-order valence-corrected chi connectivity index (χ0v) is 12.2. The van der Waals surface area contributed by atoms with Gasteiger partial charge in [-0.05, 0) is 31.6 Å². The topological polar surface area (TPSA) is 75.6 Å². The van der Waals surface area contributed by atoms with Gasteiger partial charge in [-0.2, -0.15) is 0 Å². The summed E-state index contributed by atoms with van der Waals surface area (Å²) >= 11 is 0. The second-order valence-corrected chi connectivity index (χ2v) is 6.39. The first-order chi connectivity index (χ1) is 8.70. The molecule has 0 bridgehead atoms. The fourth-order valence-corrected chi connectivity index (χ4v) is 2.27. The third-order valence-corrected chi connectivity index (χ3v) is 3.43. The van der Waals surface area contributed by atoms with E-state index in [2.05, 4.69) is 5.32 Å². The Hall–Kier alpha value is -1.10. The van der Waals surface area contributed by atoms with Crippen LogP contribution in [0.1, 0.15) is 53.4 Å². The molecule has 0 saturated carbocycles. The first kappa shape index (κ1) is 16.0. The van der Waals surface area contributed by atoms with Crippen LogP contribution < -0.4 is 5.32 Å². The molecule has 0 aliphatic carbocycles. The lowest BCUT2D eigenvalue weighted by molar-refractivity contribution is -0.145. The molecule has 0 aromatic rings. The Kier molecular flexibility index (Phi) is 5.35. The standard InChI is InChI=1S/C14H25NO4/c1-9-5-6-10(19-9)7-8-11(16)15-12(13(17)18)14(2,3)4/h9-10,12H,5-8H2,1-4H3,(H,15,16)(H,17,18). The van der Waals surface area contributed by atoms with E-state index in [0.717, 1.165) is 12.8 Å². The molecular formula is C14H25NO4. The second-order valence-electron chi connectivity index (χ2n) is 6.39. The van der Waals surface area contributed by atoms with Crippen molar-refractivity contribution in [1.29, 1.82) is 0 Å². The summed E-state index contributed by atoms with van der Waals surface area (Å²) in [7, 11) is 0. The molecule has 1 fully saturated rings. The minimum Gasteiger partial charge on any atom is -0.480 e. The molecule has 1 amide bonds. The number of amides is 1. The maximum Gasteiger partial charge on any atom is 0.326 e. The smallest absolute Gasteiger partial charge is 0.326 e. The van der Waals surface area contributed by atoms with E-state index < -0.39 is 17.4 Å². The average Bonchev–Trinajstić information content (AvgIpc) is 2.67. The molecule has 3 atom stereocenters. The number of hydrogen-bond donors (Lipinski definition) is 2. The Morgan fingerprint density at radius 3 is 2.42 bits per heavy atom. The van der Waals surface area contributed by atoms with Gasteiger partial charge >= 0.3 is 5.97 Å². The van der Waals surface area contributed by atoms with Crippen molar-refractivity contribution in [2.24, 2.45) is 5.41 Å². The first-order valence-corrected chi connectivity index (χ1v) is 6.87. The van der Waals surface area contributed by atoms with Gasteiger partial charge in [0.1, 0.15) is 6.04 Å². The molecule has 0 aromatic carbocycles. The molecule has 0 spiro atoms. The van der Waals surface area contributed by atoms with E-state index in [1.807, 2.05) is 6.92 Å². The molecule has 1 aliphatic heterocycles. The van der Waals surface area contributed by atoms with Gasteiger partial charge in [-0.15, -0.1) is 0 Å². The molecule has 1 saturated heterocycles. The SMILES string of the molecule is CC1CCC(CCC(=O)NC(C(=O)O)C(C)(C)C)O1. The quantitative estimate of drug-likeness (QED) is 0.801. The van der Waals surface area contributed by atoms with Crippen molar-refractivity contribution in [3.05, 3.63) is 0 Å². The zero-order chi connectivity index (χ0) is 14.6. The number of ether oxygens (including phenoxy) is 1. The molecule has 0 aromatic heterocycles. The molecule has 19 heavy (non-hydrogen) atoms. The lowest BCUT2D eigenvalue weighted by Gasteiger charge is -2.27. The third-order valence-electron chi connectivity index (χ3n) is 3.43. The number of aliphatic carboxylic acids is 1. The normalized spacial score (nSPS) is 25.1. The van der Waals surface area contributed by atoms with Crippen LogP contribution in [0.4, 0.5) is 0 Å². The van der Waals surface area contributed by atoms with Gasteiger partial charge in [-0.3, -0.25) is 4.79 Å². The Morgan fingerprint density at radius 2 is 2.00 bits per heavy atom. The molecule has 3 unspecified atom stereocenters. The summed E-state index contributed by atoms with van der Waals surface area (Å²) < 4.78 is 5.64. The number of carboxylic acids is 1. The van der Waals surface area contributed by atoms with E-state index in [0.29, 0.717) is 12.8 Å². The predicted molar refractivity (Wildman–Crippen MR) is 71.8 cm³/mol. The number of carbonyl (C=O) groups excluding carboxylic acids is 1. The van der Waals surface area contributed by atoms with Crippen LogP contribution in [0, 0.1) is 5.41 Å². The summed E-state index contributed by atoms with van der Waals surface area (Å²) in [5, 5.41) is 11.7. The Morgan fingerprint density at radius 1 is 1.37 bits per heavy atom. The number of hydrogen-bond acceptors (Lipinski definition) is 3. The molecule has 5 nitrogen and oxygen atoms in total. The third kappa shape index (κ3) is 5.19. The highest BCUT2D eigenvalue weighted by atomic mass is 16.5. The lowest BCUT2D eigenvalue weighted by atomic mass is 9.86. The zero-order valence-electron chi connectivity index (χ0n) is 12.2. The van der Waals surface area contributed by atoms with Crippen LogP contribution in [-0.4, -0.2) is 35.2 Å². The lowest BCUT2D eigenvalue weighted by Crippen LogP contribution is -2.49. The van der Waals surface area contributed by atoms with E-state index in [1.54, 1.807) is 20.8 Å². The number of carbonyl (C=O) groups is 2. The number of carboxylic acid groups (broad SMARTS) is 1. The molecular weight excluding hydrogens is 246 g/mol. The van der Waals surface area contributed by atoms with Gasteiger partial charge in [-0.25, -0.2) is 4.79 Å². The number of nitrogens with one attached hydrogen (secondary N) is 1. The van der Waals surface area contributed by atoms with Crippen molar-refractivity contribution in [2.75, 3.05) is 0 Å². The Labute approximate surface area is 114 Å². The number of rotatable bonds is 5. The van der Waals surface area contributed by atoms with Gasteiger partial charge in [0.2, 0.25) is 5.91 Å². The molecule has 2 N–H and O–H groups in total. The summed E-state index contributed by atoms with van der Waals surface area (Å²) in [6, 6.07) is -0.858. The van der Waals surface area contributed by atoms with E-state index in [9.17, 15) is 9.59 Å². The van der Waals surface area contributed by atoms with Crippen LogP contribution in [0.5, 0.6) is 0 Å². The largest absolute Gasteiger partial charge is 0.480 e. The highest BCUT2D eigenvalue weighted by molar-refractivity contribution is 5.84. The van der Waals surface area contributed by atoms with Crippen LogP contribution in [0.3, 0.4) is 0 Å². The summed E-state index contributed by atoms with van der Waals surface area (Å²) in [4.78, 5) is 23.0.